The number of nitrogens with zero attached hydrogens (tertiary/aromatic N) is 2. The van der Waals surface area contributed by atoms with Crippen molar-refractivity contribution in [3.8, 4) is 0 Å². The number of anilines is 2. The third-order valence-corrected chi connectivity index (χ3v) is 5.15. The van der Waals surface area contributed by atoms with Crippen LogP contribution in [0.3, 0.4) is 0 Å². The van der Waals surface area contributed by atoms with Crippen LogP contribution in [0.25, 0.3) is 0 Å². The number of hydrogen-bond acceptors (Lipinski definition) is 6. The lowest BCUT2D eigenvalue weighted by Gasteiger charge is -2.06. The first-order valence-electron chi connectivity index (χ1n) is 6.24. The molecule has 0 radical (unpaired) electrons. The lowest BCUT2D eigenvalue weighted by Crippen LogP contribution is -2.27. The molecule has 1 atom stereocenters. The number of amides is 1. The second-order valence-electron chi connectivity index (χ2n) is 4.34. The van der Waals surface area contributed by atoms with E-state index in [1.165, 1.54) is 23.1 Å². The molecule has 1 heterocycles. The number of aryl methyl sites for hydroxylation is 1. The first kappa shape index (κ1) is 16.1. The number of benzene rings is 1. The minimum atomic E-state index is -0.204. The van der Waals surface area contributed by atoms with Crippen LogP contribution >= 0.6 is 34.7 Å². The summed E-state index contributed by atoms with van der Waals surface area (Å²) in [4.78, 5) is 11.5. The van der Waals surface area contributed by atoms with Gasteiger partial charge in [0, 0.05) is 17.8 Å². The van der Waals surface area contributed by atoms with Gasteiger partial charge >= 0.3 is 0 Å². The van der Waals surface area contributed by atoms with E-state index in [-0.39, 0.29) is 11.2 Å². The van der Waals surface area contributed by atoms with Crippen molar-refractivity contribution in [1.29, 1.82) is 0 Å². The molecule has 1 unspecified atom stereocenters. The van der Waals surface area contributed by atoms with E-state index < -0.39 is 0 Å². The Labute approximate surface area is 136 Å². The first-order valence-corrected chi connectivity index (χ1v) is 8.32. The van der Waals surface area contributed by atoms with Crippen LogP contribution in [-0.4, -0.2) is 28.4 Å². The Morgan fingerprint density at radius 3 is 2.86 bits per heavy atom. The van der Waals surface area contributed by atoms with Gasteiger partial charge in [-0.1, -0.05) is 40.8 Å². The summed E-state index contributed by atoms with van der Waals surface area (Å²) in [6.07, 6.45) is 0. The van der Waals surface area contributed by atoms with Crippen LogP contribution < -0.4 is 10.6 Å². The molecule has 0 fully saturated rings. The predicted molar refractivity (Wildman–Crippen MR) is 88.8 cm³/mol. The van der Waals surface area contributed by atoms with Crippen LogP contribution in [0.15, 0.2) is 22.5 Å². The Morgan fingerprint density at radius 2 is 2.19 bits per heavy atom. The molecule has 112 valence electrons. The molecule has 0 aliphatic carbocycles. The van der Waals surface area contributed by atoms with E-state index >= 15 is 0 Å². The zero-order valence-electron chi connectivity index (χ0n) is 11.8. The summed E-state index contributed by atoms with van der Waals surface area (Å²) in [6.45, 7) is 3.78. The van der Waals surface area contributed by atoms with Crippen molar-refractivity contribution < 1.29 is 4.79 Å². The van der Waals surface area contributed by atoms with Crippen LogP contribution in [0.2, 0.25) is 5.02 Å². The smallest absolute Gasteiger partial charge is 0.233 e. The van der Waals surface area contributed by atoms with E-state index in [1.54, 1.807) is 7.05 Å². The molecule has 5 nitrogen and oxygen atoms in total. The number of carbonyl (C=O) groups is 1. The van der Waals surface area contributed by atoms with Crippen LogP contribution in [-0.2, 0) is 4.79 Å². The SMILES string of the molecule is CNC(=O)C(C)Sc1nnc(Nc2ccc(C)c(Cl)c2)s1. The van der Waals surface area contributed by atoms with Gasteiger partial charge < -0.3 is 10.6 Å². The summed E-state index contributed by atoms with van der Waals surface area (Å²) in [5, 5.41) is 15.1. The van der Waals surface area contributed by atoms with E-state index in [2.05, 4.69) is 20.8 Å². The van der Waals surface area contributed by atoms with E-state index in [4.69, 9.17) is 11.6 Å². The van der Waals surface area contributed by atoms with Gasteiger partial charge in [-0.05, 0) is 31.5 Å². The van der Waals surface area contributed by atoms with Crippen LogP contribution in [0, 0.1) is 6.92 Å². The normalized spacial score (nSPS) is 12.0. The van der Waals surface area contributed by atoms with Gasteiger partial charge in [0.25, 0.3) is 0 Å². The van der Waals surface area contributed by atoms with Gasteiger partial charge in [-0.2, -0.15) is 0 Å². The number of nitrogens with one attached hydrogen (secondary N) is 2. The second kappa shape index (κ2) is 7.11. The van der Waals surface area contributed by atoms with E-state index in [0.717, 1.165) is 15.6 Å². The summed E-state index contributed by atoms with van der Waals surface area (Å²) in [5.74, 6) is -0.0324. The maximum atomic E-state index is 11.5. The summed E-state index contributed by atoms with van der Waals surface area (Å²) < 4.78 is 0.742. The van der Waals surface area contributed by atoms with Gasteiger partial charge in [-0.15, -0.1) is 10.2 Å². The molecule has 0 spiro atoms. The van der Waals surface area contributed by atoms with Gasteiger partial charge in [0.15, 0.2) is 4.34 Å². The maximum absolute atomic E-state index is 11.5. The van der Waals surface area contributed by atoms with E-state index in [0.29, 0.717) is 10.2 Å². The third kappa shape index (κ3) is 4.33. The van der Waals surface area contributed by atoms with Crippen LogP contribution in [0.4, 0.5) is 10.8 Å². The highest BCUT2D eigenvalue weighted by Crippen LogP contribution is 2.31. The fourth-order valence-corrected chi connectivity index (χ4v) is 3.67. The number of halogens is 1. The predicted octanol–water partition coefficient (Wildman–Crippen LogP) is 3.47. The van der Waals surface area contributed by atoms with Crippen molar-refractivity contribution >= 4 is 51.4 Å². The molecule has 0 saturated heterocycles. The first-order chi connectivity index (χ1) is 9.99. The van der Waals surface area contributed by atoms with Gasteiger partial charge in [0.1, 0.15) is 0 Å². The molecule has 1 aromatic heterocycles. The zero-order valence-corrected chi connectivity index (χ0v) is 14.2. The average Bonchev–Trinajstić information content (AvgIpc) is 2.89. The minimum absolute atomic E-state index is 0.0324. The molecule has 8 heteroatoms. The second-order valence-corrected chi connectivity index (χ2v) is 7.31. The third-order valence-electron chi connectivity index (χ3n) is 2.72. The molecule has 0 aliphatic heterocycles. The summed E-state index contributed by atoms with van der Waals surface area (Å²) in [6, 6.07) is 5.72. The van der Waals surface area contributed by atoms with Crippen molar-refractivity contribution in [1.82, 2.24) is 15.5 Å². The summed E-state index contributed by atoms with van der Waals surface area (Å²) in [7, 11) is 1.62. The molecule has 0 aliphatic rings. The fourth-order valence-electron chi connectivity index (χ4n) is 1.51. The highest BCUT2D eigenvalue weighted by Gasteiger charge is 2.15. The van der Waals surface area contributed by atoms with Crippen molar-refractivity contribution in [3.63, 3.8) is 0 Å². The zero-order chi connectivity index (χ0) is 15.4. The van der Waals surface area contributed by atoms with Gasteiger partial charge in [-0.3, -0.25) is 4.79 Å². The number of thioether (sulfide) groups is 1. The largest absolute Gasteiger partial charge is 0.358 e. The molecular weight excluding hydrogens is 328 g/mol. The molecule has 2 aromatic rings. The van der Waals surface area contributed by atoms with Crippen LogP contribution in [0.1, 0.15) is 12.5 Å². The highest BCUT2D eigenvalue weighted by atomic mass is 35.5. The fraction of sp³-hybridized carbons (Fsp3) is 0.308. The average molecular weight is 343 g/mol. The number of hydrogen-bond donors (Lipinski definition) is 2. The van der Waals surface area contributed by atoms with Crippen molar-refractivity contribution in [3.05, 3.63) is 28.8 Å². The Kier molecular flexibility index (Phi) is 5.44. The van der Waals surface area contributed by atoms with E-state index in [9.17, 15) is 4.79 Å². The van der Waals surface area contributed by atoms with Gasteiger partial charge in [-0.25, -0.2) is 0 Å². The Morgan fingerprint density at radius 1 is 1.43 bits per heavy atom. The molecule has 1 aromatic carbocycles. The number of aromatic nitrogens is 2. The Bertz CT molecular complexity index is 647. The van der Waals surface area contributed by atoms with Crippen LogP contribution in [0.5, 0.6) is 0 Å². The maximum Gasteiger partial charge on any atom is 0.233 e. The van der Waals surface area contributed by atoms with Crippen molar-refractivity contribution in [2.24, 2.45) is 0 Å². The van der Waals surface area contributed by atoms with Gasteiger partial charge in [0.2, 0.25) is 11.0 Å². The molecular formula is C13H15ClN4OS2. The highest BCUT2D eigenvalue weighted by molar-refractivity contribution is 8.02. The van der Waals surface area contributed by atoms with Crippen molar-refractivity contribution in [2.45, 2.75) is 23.4 Å². The number of rotatable bonds is 5. The van der Waals surface area contributed by atoms with Crippen molar-refractivity contribution in [2.75, 3.05) is 12.4 Å². The summed E-state index contributed by atoms with van der Waals surface area (Å²) in [5.41, 5.74) is 1.88. The van der Waals surface area contributed by atoms with Gasteiger partial charge in [0.05, 0.1) is 5.25 Å². The Balaban J connectivity index is 2.02. The van der Waals surface area contributed by atoms with E-state index in [1.807, 2.05) is 32.0 Å². The molecule has 21 heavy (non-hydrogen) atoms. The molecule has 1 amide bonds. The molecule has 0 saturated carbocycles. The molecule has 2 rings (SSSR count). The lowest BCUT2D eigenvalue weighted by atomic mass is 10.2. The monoisotopic (exact) mass is 342 g/mol. The minimum Gasteiger partial charge on any atom is -0.358 e. The summed E-state index contributed by atoms with van der Waals surface area (Å²) >= 11 is 8.86. The quantitative estimate of drug-likeness (QED) is 0.814. The standard InChI is InChI=1S/C13H15ClN4OS2/c1-7-4-5-9(6-10(7)14)16-12-17-18-13(21-12)20-8(2)11(19)15-3/h4-6,8H,1-3H3,(H,15,19)(H,16,17). The number of carbonyl (C=O) groups excluding carboxylic acids is 1. The molecule has 2 N–H and O–H groups in total. The lowest BCUT2D eigenvalue weighted by molar-refractivity contribution is -0.119. The molecule has 0 bridgehead atoms. The Hall–Kier alpha value is -1.31. The topological polar surface area (TPSA) is 66.9 Å².